The van der Waals surface area contributed by atoms with E-state index in [4.69, 9.17) is 0 Å². The number of benzene rings is 2. The fourth-order valence-electron chi connectivity index (χ4n) is 2.54. The summed E-state index contributed by atoms with van der Waals surface area (Å²) in [5.74, 6) is -0.0906. The highest BCUT2D eigenvalue weighted by Crippen LogP contribution is 2.16. The Hall–Kier alpha value is -3.13. The molecule has 7 nitrogen and oxygen atoms in total. The highest BCUT2D eigenvalue weighted by atomic mass is 19.1. The van der Waals surface area contributed by atoms with Crippen LogP contribution in [0.3, 0.4) is 0 Å². The third kappa shape index (κ3) is 4.09. The quantitative estimate of drug-likeness (QED) is 0.699. The van der Waals surface area contributed by atoms with Gasteiger partial charge < -0.3 is 10.4 Å². The van der Waals surface area contributed by atoms with Gasteiger partial charge in [-0.25, -0.2) is 4.39 Å². The topological polar surface area (TPSA) is 92.9 Å². The molecule has 0 spiro atoms. The van der Waals surface area contributed by atoms with E-state index >= 15 is 0 Å². The second-order valence-corrected chi connectivity index (χ2v) is 5.82. The SMILES string of the molecule is Cc1nnnn1-c1ccc(CC(=O)NCC(O)c2ccccc2F)cc1. The summed E-state index contributed by atoms with van der Waals surface area (Å²) in [5.41, 5.74) is 1.76. The minimum Gasteiger partial charge on any atom is -0.386 e. The van der Waals surface area contributed by atoms with Crippen LogP contribution in [0.4, 0.5) is 4.39 Å². The number of aryl methyl sites for hydroxylation is 1. The molecule has 0 saturated heterocycles. The van der Waals surface area contributed by atoms with E-state index in [1.54, 1.807) is 23.7 Å². The van der Waals surface area contributed by atoms with E-state index in [-0.39, 0.29) is 24.4 Å². The zero-order valence-corrected chi connectivity index (χ0v) is 14.1. The number of hydrogen-bond donors (Lipinski definition) is 2. The molecule has 26 heavy (non-hydrogen) atoms. The van der Waals surface area contributed by atoms with Gasteiger partial charge >= 0.3 is 0 Å². The van der Waals surface area contributed by atoms with Crippen molar-refractivity contribution in [3.8, 4) is 5.69 Å². The molecule has 2 N–H and O–H groups in total. The van der Waals surface area contributed by atoms with E-state index in [2.05, 4.69) is 20.8 Å². The Morgan fingerprint density at radius 1 is 1.23 bits per heavy atom. The van der Waals surface area contributed by atoms with Gasteiger partial charge in [0, 0.05) is 12.1 Å². The van der Waals surface area contributed by atoms with Crippen molar-refractivity contribution >= 4 is 5.91 Å². The maximum Gasteiger partial charge on any atom is 0.224 e. The zero-order chi connectivity index (χ0) is 18.5. The van der Waals surface area contributed by atoms with Gasteiger partial charge in [0.2, 0.25) is 5.91 Å². The third-order valence-corrected chi connectivity index (χ3v) is 3.93. The van der Waals surface area contributed by atoms with Gasteiger partial charge in [-0.15, -0.1) is 5.10 Å². The van der Waals surface area contributed by atoms with Gasteiger partial charge in [0.25, 0.3) is 0 Å². The van der Waals surface area contributed by atoms with Crippen molar-refractivity contribution in [2.45, 2.75) is 19.4 Å². The van der Waals surface area contributed by atoms with Crippen LogP contribution >= 0.6 is 0 Å². The van der Waals surface area contributed by atoms with E-state index in [1.807, 2.05) is 24.3 Å². The van der Waals surface area contributed by atoms with Crippen LogP contribution in [-0.2, 0) is 11.2 Å². The molecule has 3 aromatic rings. The molecule has 1 heterocycles. The molecule has 1 amide bonds. The Balaban J connectivity index is 1.55. The molecule has 0 aliphatic carbocycles. The number of nitrogens with zero attached hydrogens (tertiary/aromatic N) is 4. The average molecular weight is 355 g/mol. The standard InChI is InChI=1S/C18H18FN5O2/c1-12-21-22-23-24(12)14-8-6-13(7-9-14)10-18(26)20-11-17(25)15-4-2-3-5-16(15)19/h2-9,17,25H,10-11H2,1H3,(H,20,26). The van der Waals surface area contributed by atoms with E-state index in [0.717, 1.165) is 11.3 Å². The Morgan fingerprint density at radius 3 is 2.62 bits per heavy atom. The van der Waals surface area contributed by atoms with Crippen LogP contribution in [0, 0.1) is 12.7 Å². The lowest BCUT2D eigenvalue weighted by Crippen LogP contribution is -2.30. The van der Waals surface area contributed by atoms with Crippen LogP contribution in [0.15, 0.2) is 48.5 Å². The van der Waals surface area contributed by atoms with Crippen molar-refractivity contribution in [1.29, 1.82) is 0 Å². The number of aromatic nitrogens is 4. The summed E-state index contributed by atoms with van der Waals surface area (Å²) in [7, 11) is 0. The predicted molar refractivity (Wildman–Crippen MR) is 92.0 cm³/mol. The van der Waals surface area contributed by atoms with Crippen LogP contribution in [-0.4, -0.2) is 37.8 Å². The Morgan fingerprint density at radius 2 is 1.96 bits per heavy atom. The molecular formula is C18H18FN5O2. The molecule has 0 saturated carbocycles. The zero-order valence-electron chi connectivity index (χ0n) is 14.1. The lowest BCUT2D eigenvalue weighted by atomic mass is 10.1. The van der Waals surface area contributed by atoms with Crippen molar-refractivity contribution in [3.63, 3.8) is 0 Å². The van der Waals surface area contributed by atoms with Crippen molar-refractivity contribution in [2.24, 2.45) is 0 Å². The first-order chi connectivity index (χ1) is 12.5. The second-order valence-electron chi connectivity index (χ2n) is 5.82. The summed E-state index contributed by atoms with van der Waals surface area (Å²) in [4.78, 5) is 12.0. The van der Waals surface area contributed by atoms with Crippen molar-refractivity contribution in [1.82, 2.24) is 25.5 Å². The Kier molecular flexibility index (Phi) is 5.33. The number of carbonyl (C=O) groups excluding carboxylic acids is 1. The fraction of sp³-hybridized carbons (Fsp3) is 0.222. The number of rotatable bonds is 6. The van der Waals surface area contributed by atoms with Crippen molar-refractivity contribution in [2.75, 3.05) is 6.54 Å². The van der Waals surface area contributed by atoms with E-state index in [0.29, 0.717) is 5.82 Å². The first-order valence-electron chi connectivity index (χ1n) is 8.08. The normalized spacial score (nSPS) is 12.0. The predicted octanol–water partition coefficient (Wildman–Crippen LogP) is 1.50. The lowest BCUT2D eigenvalue weighted by Gasteiger charge is -2.13. The molecule has 1 unspecified atom stereocenters. The molecule has 0 bridgehead atoms. The molecule has 0 radical (unpaired) electrons. The van der Waals surface area contributed by atoms with Crippen LogP contribution in [0.5, 0.6) is 0 Å². The first kappa shape index (κ1) is 17.7. The summed E-state index contributed by atoms with van der Waals surface area (Å²) >= 11 is 0. The number of aliphatic hydroxyl groups excluding tert-OH is 1. The summed E-state index contributed by atoms with van der Waals surface area (Å²) in [5, 5.41) is 23.9. The number of amides is 1. The lowest BCUT2D eigenvalue weighted by molar-refractivity contribution is -0.120. The minimum absolute atomic E-state index is 0.0539. The van der Waals surface area contributed by atoms with Gasteiger partial charge in [0.15, 0.2) is 5.82 Å². The summed E-state index contributed by atoms with van der Waals surface area (Å²) in [6.45, 7) is 1.74. The van der Waals surface area contributed by atoms with Gasteiger partial charge in [-0.2, -0.15) is 4.68 Å². The van der Waals surface area contributed by atoms with E-state index < -0.39 is 11.9 Å². The van der Waals surface area contributed by atoms with Gasteiger partial charge in [-0.3, -0.25) is 4.79 Å². The number of halogens is 1. The number of tetrazole rings is 1. The Bertz CT molecular complexity index is 895. The summed E-state index contributed by atoms with van der Waals surface area (Å²) < 4.78 is 15.2. The van der Waals surface area contributed by atoms with Gasteiger partial charge in [0.1, 0.15) is 5.82 Å². The summed E-state index contributed by atoms with van der Waals surface area (Å²) in [6, 6.07) is 13.2. The molecule has 1 aromatic heterocycles. The van der Waals surface area contributed by atoms with E-state index in [1.165, 1.54) is 12.1 Å². The maximum absolute atomic E-state index is 13.6. The van der Waals surface area contributed by atoms with Gasteiger partial charge in [-0.05, 0) is 41.1 Å². The molecule has 8 heteroatoms. The highest BCUT2D eigenvalue weighted by Gasteiger charge is 2.13. The number of nitrogens with one attached hydrogen (secondary N) is 1. The van der Waals surface area contributed by atoms with Crippen molar-refractivity contribution in [3.05, 3.63) is 71.3 Å². The molecule has 0 aliphatic rings. The van der Waals surface area contributed by atoms with Crippen molar-refractivity contribution < 1.29 is 14.3 Å². The monoisotopic (exact) mass is 355 g/mol. The van der Waals surface area contributed by atoms with Gasteiger partial charge in [-0.1, -0.05) is 30.3 Å². The molecule has 2 aromatic carbocycles. The molecule has 0 aliphatic heterocycles. The largest absolute Gasteiger partial charge is 0.386 e. The molecule has 3 rings (SSSR count). The number of carbonyl (C=O) groups is 1. The fourth-order valence-corrected chi connectivity index (χ4v) is 2.54. The first-order valence-corrected chi connectivity index (χ1v) is 8.08. The number of hydrogen-bond acceptors (Lipinski definition) is 5. The van der Waals surface area contributed by atoms with E-state index in [9.17, 15) is 14.3 Å². The third-order valence-electron chi connectivity index (χ3n) is 3.93. The van der Waals surface area contributed by atoms with Crippen LogP contribution in [0.2, 0.25) is 0 Å². The average Bonchev–Trinajstić information content (AvgIpc) is 3.07. The molecule has 1 atom stereocenters. The Labute approximate surface area is 149 Å². The molecule has 134 valence electrons. The highest BCUT2D eigenvalue weighted by molar-refractivity contribution is 5.78. The van der Waals surface area contributed by atoms with Crippen LogP contribution in [0.25, 0.3) is 5.69 Å². The maximum atomic E-state index is 13.6. The van der Waals surface area contributed by atoms with Gasteiger partial charge in [0.05, 0.1) is 18.2 Å². The molecular weight excluding hydrogens is 337 g/mol. The minimum atomic E-state index is -1.09. The molecule has 0 fully saturated rings. The summed E-state index contributed by atoms with van der Waals surface area (Å²) in [6.07, 6.45) is -0.941. The van der Waals surface area contributed by atoms with Crippen LogP contribution < -0.4 is 5.32 Å². The smallest absolute Gasteiger partial charge is 0.224 e. The number of aliphatic hydroxyl groups is 1. The van der Waals surface area contributed by atoms with Crippen LogP contribution in [0.1, 0.15) is 23.1 Å². The second kappa shape index (κ2) is 7.83.